The lowest BCUT2D eigenvalue weighted by Gasteiger charge is -2.47. The summed E-state index contributed by atoms with van der Waals surface area (Å²) in [6.45, 7) is 3.94. The Balaban J connectivity index is 1.66. The normalized spacial score (nSPS) is 24.2. The quantitative estimate of drug-likeness (QED) is 0.338. The van der Waals surface area contributed by atoms with Gasteiger partial charge in [0.15, 0.2) is 11.3 Å². The van der Waals surface area contributed by atoms with E-state index in [0.29, 0.717) is 12.0 Å². The van der Waals surface area contributed by atoms with Gasteiger partial charge in [0, 0.05) is 21.2 Å². The van der Waals surface area contributed by atoms with Crippen molar-refractivity contribution in [3.05, 3.63) is 70.2 Å². The molecule has 0 saturated carbocycles. The van der Waals surface area contributed by atoms with Crippen LogP contribution in [0.2, 0.25) is 0 Å². The minimum atomic E-state index is -1.34. The van der Waals surface area contributed by atoms with E-state index in [1.165, 1.54) is 0 Å². The summed E-state index contributed by atoms with van der Waals surface area (Å²) in [5.41, 5.74) is 0.0252. The fourth-order valence-corrected chi connectivity index (χ4v) is 6.22. The van der Waals surface area contributed by atoms with E-state index in [1.54, 1.807) is 40.9 Å². The molecular weight excluding hydrogens is 466 g/mol. The van der Waals surface area contributed by atoms with Crippen molar-refractivity contribution in [3.8, 4) is 0 Å². The van der Waals surface area contributed by atoms with Crippen LogP contribution in [0.15, 0.2) is 59.1 Å². The lowest BCUT2D eigenvalue weighted by molar-refractivity contribution is -0.173. The molecule has 0 aliphatic carbocycles. The number of ether oxygens (including phenoxy) is 1. The molecule has 156 valence electrons. The summed E-state index contributed by atoms with van der Waals surface area (Å²) in [4.78, 5) is 40.8. The second kappa shape index (κ2) is 7.85. The van der Waals surface area contributed by atoms with Crippen LogP contribution in [0, 0.1) is 0 Å². The summed E-state index contributed by atoms with van der Waals surface area (Å²) in [5.74, 6) is -0.823. The van der Waals surface area contributed by atoms with Crippen molar-refractivity contribution in [2.45, 2.75) is 49.0 Å². The van der Waals surface area contributed by atoms with Crippen molar-refractivity contribution < 1.29 is 19.1 Å². The van der Waals surface area contributed by atoms with Crippen LogP contribution in [-0.2, 0) is 20.9 Å². The van der Waals surface area contributed by atoms with Crippen molar-refractivity contribution in [2.24, 2.45) is 0 Å². The molecule has 4 rings (SSSR count). The maximum atomic E-state index is 13.5. The summed E-state index contributed by atoms with van der Waals surface area (Å²) in [5, 5.41) is -0.102. The van der Waals surface area contributed by atoms with Crippen LogP contribution in [0.1, 0.15) is 42.6 Å². The molecule has 2 saturated heterocycles. The van der Waals surface area contributed by atoms with E-state index >= 15 is 0 Å². The number of hydrogen-bond acceptors (Lipinski definition) is 5. The van der Waals surface area contributed by atoms with Gasteiger partial charge < -0.3 is 9.64 Å². The molecule has 7 heteroatoms. The van der Waals surface area contributed by atoms with Crippen LogP contribution < -0.4 is 0 Å². The first-order chi connectivity index (χ1) is 14.2. The van der Waals surface area contributed by atoms with E-state index in [0.717, 1.165) is 10.0 Å². The highest BCUT2D eigenvalue weighted by Gasteiger charge is 2.70. The minimum absolute atomic E-state index is 0.0986. The molecular formula is C23H22BrNO4S. The molecule has 0 unspecified atom stereocenters. The number of esters is 1. The maximum Gasteiger partial charge on any atom is 0.334 e. The number of thioether (sulfide) groups is 1. The van der Waals surface area contributed by atoms with Gasteiger partial charge in [0.05, 0.1) is 11.8 Å². The van der Waals surface area contributed by atoms with Crippen LogP contribution >= 0.6 is 27.7 Å². The third-order valence-electron chi connectivity index (χ3n) is 5.88. The zero-order chi connectivity index (χ0) is 21.5. The van der Waals surface area contributed by atoms with E-state index in [-0.39, 0.29) is 30.1 Å². The Morgan fingerprint density at radius 2 is 1.80 bits per heavy atom. The molecule has 0 aromatic heterocycles. The van der Waals surface area contributed by atoms with Crippen LogP contribution in [0.5, 0.6) is 0 Å². The third-order valence-corrected chi connectivity index (χ3v) is 7.98. The zero-order valence-corrected chi connectivity index (χ0v) is 19.2. The number of Topliss-reactive ketones (excluding diaryl/α,β-unsaturated/α-hetero) is 1. The first-order valence-electron chi connectivity index (χ1n) is 9.74. The van der Waals surface area contributed by atoms with E-state index in [2.05, 4.69) is 15.9 Å². The third kappa shape index (κ3) is 3.48. The molecule has 2 heterocycles. The van der Waals surface area contributed by atoms with Gasteiger partial charge in [0.1, 0.15) is 6.61 Å². The van der Waals surface area contributed by atoms with Crippen molar-refractivity contribution in [3.63, 3.8) is 0 Å². The Bertz CT molecular complexity index is 992. The van der Waals surface area contributed by atoms with Gasteiger partial charge in [-0.25, -0.2) is 4.79 Å². The zero-order valence-electron chi connectivity index (χ0n) is 16.8. The van der Waals surface area contributed by atoms with Gasteiger partial charge in [0.25, 0.3) is 0 Å². The van der Waals surface area contributed by atoms with Crippen LogP contribution in [0.4, 0.5) is 0 Å². The number of benzene rings is 2. The Hall–Kier alpha value is -2.12. The number of hydrogen-bond donors (Lipinski definition) is 0. The average Bonchev–Trinajstić information content (AvgIpc) is 2.89. The van der Waals surface area contributed by atoms with Gasteiger partial charge in [0.2, 0.25) is 5.91 Å². The molecule has 2 aromatic rings. The smallest absolute Gasteiger partial charge is 0.334 e. The molecule has 2 aliphatic heterocycles. The van der Waals surface area contributed by atoms with Gasteiger partial charge in [-0.05, 0) is 31.5 Å². The summed E-state index contributed by atoms with van der Waals surface area (Å²) in [6.07, 6.45) is 0.277. The standard InChI is InChI=1S/C23H22BrNO4S/c1-22(2)23(25-19(27)12-20(25)30-22,13-18(26)16-8-10-17(24)11-9-16)21(28)29-14-15-6-4-3-5-7-15/h3-11,20H,12-14H2,1-2H3/t20-,23+/m1/s1. The van der Waals surface area contributed by atoms with Gasteiger partial charge in [-0.15, -0.1) is 11.8 Å². The Morgan fingerprint density at radius 1 is 1.13 bits per heavy atom. The summed E-state index contributed by atoms with van der Waals surface area (Å²) in [7, 11) is 0. The first-order valence-corrected chi connectivity index (χ1v) is 11.4. The fraction of sp³-hybridized carbons (Fsp3) is 0.348. The molecule has 2 fully saturated rings. The molecule has 2 atom stereocenters. The van der Waals surface area contributed by atoms with Gasteiger partial charge in [-0.1, -0.05) is 58.4 Å². The highest BCUT2D eigenvalue weighted by molar-refractivity contribution is 9.10. The predicted octanol–water partition coefficient (Wildman–Crippen LogP) is 4.59. The van der Waals surface area contributed by atoms with E-state index in [4.69, 9.17) is 4.74 Å². The second-order valence-electron chi connectivity index (χ2n) is 8.08. The van der Waals surface area contributed by atoms with Gasteiger partial charge in [-0.3, -0.25) is 9.59 Å². The number of rotatable bonds is 6. The Labute approximate surface area is 188 Å². The lowest BCUT2D eigenvalue weighted by Crippen LogP contribution is -2.68. The largest absolute Gasteiger partial charge is 0.459 e. The summed E-state index contributed by atoms with van der Waals surface area (Å²) in [6, 6.07) is 16.4. The molecule has 30 heavy (non-hydrogen) atoms. The molecule has 1 amide bonds. The topological polar surface area (TPSA) is 63.7 Å². The minimum Gasteiger partial charge on any atom is -0.459 e. The molecule has 2 aliphatic rings. The van der Waals surface area contributed by atoms with Gasteiger partial charge >= 0.3 is 5.97 Å². The number of nitrogens with zero attached hydrogens (tertiary/aromatic N) is 1. The highest BCUT2D eigenvalue weighted by Crippen LogP contribution is 2.58. The number of carbonyl (C=O) groups excluding carboxylic acids is 3. The van der Waals surface area contributed by atoms with E-state index < -0.39 is 16.3 Å². The molecule has 5 nitrogen and oxygen atoms in total. The van der Waals surface area contributed by atoms with Crippen molar-refractivity contribution in [1.29, 1.82) is 0 Å². The molecule has 0 radical (unpaired) electrons. The van der Waals surface area contributed by atoms with Gasteiger partial charge in [-0.2, -0.15) is 0 Å². The summed E-state index contributed by atoms with van der Waals surface area (Å²) < 4.78 is 5.90. The molecule has 2 aromatic carbocycles. The van der Waals surface area contributed by atoms with Crippen LogP contribution in [0.25, 0.3) is 0 Å². The Morgan fingerprint density at radius 3 is 2.43 bits per heavy atom. The van der Waals surface area contributed by atoms with E-state index in [9.17, 15) is 14.4 Å². The van der Waals surface area contributed by atoms with E-state index in [1.807, 2.05) is 44.2 Å². The number of fused-ring (bicyclic) bond motifs is 1. The number of amides is 1. The lowest BCUT2D eigenvalue weighted by atomic mass is 9.76. The molecule has 0 bridgehead atoms. The van der Waals surface area contributed by atoms with Crippen molar-refractivity contribution in [2.75, 3.05) is 0 Å². The second-order valence-corrected chi connectivity index (χ2v) is 10.8. The monoisotopic (exact) mass is 487 g/mol. The van der Waals surface area contributed by atoms with Crippen molar-refractivity contribution >= 4 is 45.4 Å². The maximum absolute atomic E-state index is 13.5. The Kier molecular flexibility index (Phi) is 5.53. The number of halogens is 1. The average molecular weight is 488 g/mol. The van der Waals surface area contributed by atoms with Crippen LogP contribution in [-0.4, -0.2) is 38.2 Å². The number of β-lactam (4-membered cyclic amide) rings is 1. The highest BCUT2D eigenvalue weighted by atomic mass is 79.9. The first kappa shape index (κ1) is 21.1. The van der Waals surface area contributed by atoms with Crippen molar-refractivity contribution in [1.82, 2.24) is 4.90 Å². The molecule has 0 N–H and O–H groups in total. The fourth-order valence-electron chi connectivity index (χ4n) is 4.19. The summed E-state index contributed by atoms with van der Waals surface area (Å²) >= 11 is 4.93. The predicted molar refractivity (Wildman–Crippen MR) is 119 cm³/mol. The number of carbonyl (C=O) groups is 3. The molecule has 0 spiro atoms. The SMILES string of the molecule is CC1(C)S[C@@H]2CC(=O)N2[C@@]1(CC(=O)c1ccc(Br)cc1)C(=O)OCc1ccccc1. The number of ketones is 1. The van der Waals surface area contributed by atoms with Crippen LogP contribution in [0.3, 0.4) is 0 Å².